The van der Waals surface area contributed by atoms with Gasteiger partial charge in [0.15, 0.2) is 0 Å². The Kier molecular flexibility index (Phi) is 7.55. The summed E-state index contributed by atoms with van der Waals surface area (Å²) in [4.78, 5) is 33.0. The second-order valence-corrected chi connectivity index (χ2v) is 10.1. The number of piperazine rings is 1. The van der Waals surface area contributed by atoms with Gasteiger partial charge in [-0.05, 0) is 35.2 Å². The molecule has 1 unspecified atom stereocenters. The molecule has 0 bridgehead atoms. The van der Waals surface area contributed by atoms with Crippen molar-refractivity contribution in [2.45, 2.75) is 32.5 Å². The lowest BCUT2D eigenvalue weighted by Gasteiger charge is -2.34. The zero-order valence-corrected chi connectivity index (χ0v) is 21.1. The number of hydrogen-bond acceptors (Lipinski definition) is 6. The molecule has 2 amide bonds. The van der Waals surface area contributed by atoms with Crippen molar-refractivity contribution < 1.29 is 19.4 Å². The number of benzene rings is 2. The van der Waals surface area contributed by atoms with Gasteiger partial charge in [-0.1, -0.05) is 30.3 Å². The molecular weight excluding hydrogens is 456 g/mol. The number of carbonyl (C=O) groups is 2. The molecule has 2 aromatic carbocycles. The standard InChI is InChI=1S/C28H36N4O4/c1-21(33)31-12-10-29(11-13-31)17-22-6-7-26-27(16-22)36-15-14-32(28(26)35)20-25(34)19-30-9-8-23-4-2-3-5-24(23)18-30/h2-7,16,25,34H,8-15,17-20H2,1H3. The first kappa shape index (κ1) is 24.7. The van der Waals surface area contributed by atoms with Gasteiger partial charge in [-0.25, -0.2) is 0 Å². The fourth-order valence-electron chi connectivity index (χ4n) is 5.47. The smallest absolute Gasteiger partial charge is 0.257 e. The summed E-state index contributed by atoms with van der Waals surface area (Å²) in [7, 11) is 0. The molecule has 3 heterocycles. The average Bonchev–Trinajstić information content (AvgIpc) is 3.02. The fourth-order valence-corrected chi connectivity index (χ4v) is 5.47. The molecule has 3 aliphatic rings. The van der Waals surface area contributed by atoms with E-state index in [-0.39, 0.29) is 11.8 Å². The molecule has 3 aliphatic heterocycles. The summed E-state index contributed by atoms with van der Waals surface area (Å²) in [6, 6.07) is 14.3. The quantitative estimate of drug-likeness (QED) is 0.660. The van der Waals surface area contributed by atoms with Gasteiger partial charge < -0.3 is 19.6 Å². The number of amides is 2. The molecule has 8 heteroatoms. The molecule has 8 nitrogen and oxygen atoms in total. The molecule has 36 heavy (non-hydrogen) atoms. The van der Waals surface area contributed by atoms with Crippen molar-refractivity contribution in [3.05, 3.63) is 64.7 Å². The van der Waals surface area contributed by atoms with Crippen molar-refractivity contribution in [1.29, 1.82) is 0 Å². The minimum Gasteiger partial charge on any atom is -0.491 e. The normalized spacial score (nSPS) is 19.8. The molecule has 192 valence electrons. The van der Waals surface area contributed by atoms with Crippen LogP contribution in [0.3, 0.4) is 0 Å². The highest BCUT2D eigenvalue weighted by Gasteiger charge is 2.27. The summed E-state index contributed by atoms with van der Waals surface area (Å²) in [5.74, 6) is 0.652. The predicted molar refractivity (Wildman–Crippen MR) is 137 cm³/mol. The summed E-state index contributed by atoms with van der Waals surface area (Å²) in [6.45, 7) is 8.99. The van der Waals surface area contributed by atoms with E-state index < -0.39 is 6.10 Å². The van der Waals surface area contributed by atoms with Crippen LogP contribution in [0.1, 0.15) is 34.0 Å². The van der Waals surface area contributed by atoms with Gasteiger partial charge >= 0.3 is 0 Å². The number of hydrogen-bond donors (Lipinski definition) is 1. The largest absolute Gasteiger partial charge is 0.491 e. The van der Waals surface area contributed by atoms with E-state index in [0.29, 0.717) is 37.6 Å². The van der Waals surface area contributed by atoms with Crippen LogP contribution in [-0.4, -0.2) is 102 Å². The molecule has 0 spiro atoms. The minimum atomic E-state index is -0.617. The number of β-amino-alcohol motifs (C(OH)–C–C–N with tert-alkyl or cyclic N) is 1. The van der Waals surface area contributed by atoms with Crippen LogP contribution >= 0.6 is 0 Å². The predicted octanol–water partition coefficient (Wildman–Crippen LogP) is 1.60. The van der Waals surface area contributed by atoms with E-state index in [1.807, 2.05) is 23.1 Å². The van der Waals surface area contributed by atoms with Gasteiger partial charge in [-0.3, -0.25) is 19.4 Å². The highest BCUT2D eigenvalue weighted by molar-refractivity contribution is 5.97. The van der Waals surface area contributed by atoms with E-state index >= 15 is 0 Å². The van der Waals surface area contributed by atoms with Crippen LogP contribution < -0.4 is 4.74 Å². The van der Waals surface area contributed by atoms with E-state index in [4.69, 9.17) is 4.74 Å². The SMILES string of the molecule is CC(=O)N1CCN(Cc2ccc3c(c2)OCCN(CC(O)CN2CCc4ccccc4C2)C3=O)CC1. The lowest BCUT2D eigenvalue weighted by molar-refractivity contribution is -0.130. The third-order valence-corrected chi connectivity index (χ3v) is 7.52. The molecule has 1 atom stereocenters. The lowest BCUT2D eigenvalue weighted by Crippen LogP contribution is -2.47. The number of carbonyl (C=O) groups excluding carboxylic acids is 2. The summed E-state index contributed by atoms with van der Waals surface area (Å²) >= 11 is 0. The van der Waals surface area contributed by atoms with Gasteiger partial charge in [0.05, 0.1) is 18.2 Å². The summed E-state index contributed by atoms with van der Waals surface area (Å²) in [6.07, 6.45) is 0.371. The molecule has 0 aliphatic carbocycles. The maximum atomic E-state index is 13.3. The van der Waals surface area contributed by atoms with Crippen LogP contribution in [0.15, 0.2) is 42.5 Å². The van der Waals surface area contributed by atoms with Gasteiger partial charge in [0, 0.05) is 65.8 Å². The highest BCUT2D eigenvalue weighted by atomic mass is 16.5. The molecule has 0 aromatic heterocycles. The maximum Gasteiger partial charge on any atom is 0.257 e. The first-order valence-corrected chi connectivity index (χ1v) is 13.0. The summed E-state index contributed by atoms with van der Waals surface area (Å²) in [5, 5.41) is 10.8. The van der Waals surface area contributed by atoms with Crippen LogP contribution in [0.25, 0.3) is 0 Å². The minimum absolute atomic E-state index is 0.0906. The van der Waals surface area contributed by atoms with Crippen molar-refractivity contribution in [3.63, 3.8) is 0 Å². The van der Waals surface area contributed by atoms with E-state index in [9.17, 15) is 14.7 Å². The first-order valence-electron chi connectivity index (χ1n) is 13.0. The Labute approximate surface area is 213 Å². The molecule has 1 fully saturated rings. The van der Waals surface area contributed by atoms with Crippen LogP contribution in [0.2, 0.25) is 0 Å². The van der Waals surface area contributed by atoms with Crippen LogP contribution in [0, 0.1) is 0 Å². The van der Waals surface area contributed by atoms with Gasteiger partial charge in [0.1, 0.15) is 12.4 Å². The monoisotopic (exact) mass is 492 g/mol. The Morgan fingerprint density at radius 2 is 1.75 bits per heavy atom. The number of fused-ring (bicyclic) bond motifs is 2. The van der Waals surface area contributed by atoms with Crippen molar-refractivity contribution in [2.24, 2.45) is 0 Å². The van der Waals surface area contributed by atoms with Crippen LogP contribution in [0.4, 0.5) is 0 Å². The number of nitrogens with zero attached hydrogens (tertiary/aromatic N) is 4. The van der Waals surface area contributed by atoms with E-state index in [1.54, 1.807) is 11.8 Å². The number of aliphatic hydroxyl groups excluding tert-OH is 1. The van der Waals surface area contributed by atoms with Crippen molar-refractivity contribution in [1.82, 2.24) is 19.6 Å². The zero-order chi connectivity index (χ0) is 25.1. The molecule has 5 rings (SSSR count). The van der Waals surface area contributed by atoms with Gasteiger partial charge in [0.25, 0.3) is 5.91 Å². The topological polar surface area (TPSA) is 76.6 Å². The van der Waals surface area contributed by atoms with Gasteiger partial charge in [-0.15, -0.1) is 0 Å². The fraction of sp³-hybridized carbons (Fsp3) is 0.500. The number of rotatable bonds is 6. The van der Waals surface area contributed by atoms with Gasteiger partial charge in [-0.2, -0.15) is 0 Å². The first-order chi connectivity index (χ1) is 17.5. The average molecular weight is 493 g/mol. The number of aliphatic hydroxyl groups is 1. The van der Waals surface area contributed by atoms with Crippen molar-refractivity contribution in [2.75, 3.05) is 59.0 Å². The zero-order valence-electron chi connectivity index (χ0n) is 21.1. The number of ether oxygens (including phenoxy) is 1. The van der Waals surface area contributed by atoms with E-state index in [0.717, 1.165) is 57.8 Å². The highest BCUT2D eigenvalue weighted by Crippen LogP contribution is 2.26. The Balaban J connectivity index is 1.17. The molecule has 0 radical (unpaired) electrons. The van der Waals surface area contributed by atoms with E-state index in [2.05, 4.69) is 34.1 Å². The molecule has 2 aromatic rings. The molecule has 0 saturated carbocycles. The Bertz CT molecular complexity index is 1100. The second kappa shape index (κ2) is 11.0. The maximum absolute atomic E-state index is 13.3. The lowest BCUT2D eigenvalue weighted by atomic mass is 10.00. The van der Waals surface area contributed by atoms with Crippen LogP contribution in [0.5, 0.6) is 5.75 Å². The Morgan fingerprint density at radius 3 is 2.53 bits per heavy atom. The molecular formula is C28H36N4O4. The summed E-state index contributed by atoms with van der Waals surface area (Å²) < 4.78 is 5.97. The van der Waals surface area contributed by atoms with Crippen LogP contribution in [-0.2, 0) is 24.3 Å². The molecule has 1 saturated heterocycles. The third-order valence-electron chi connectivity index (χ3n) is 7.52. The second-order valence-electron chi connectivity index (χ2n) is 10.1. The third kappa shape index (κ3) is 5.72. The summed E-state index contributed by atoms with van der Waals surface area (Å²) in [5.41, 5.74) is 4.35. The van der Waals surface area contributed by atoms with E-state index in [1.165, 1.54) is 11.1 Å². The van der Waals surface area contributed by atoms with Crippen molar-refractivity contribution >= 4 is 11.8 Å². The molecule has 1 N–H and O–H groups in total. The Morgan fingerprint density at radius 1 is 0.972 bits per heavy atom. The Hall–Kier alpha value is -2.94. The van der Waals surface area contributed by atoms with Crippen molar-refractivity contribution in [3.8, 4) is 5.75 Å². The van der Waals surface area contributed by atoms with Gasteiger partial charge in [0.2, 0.25) is 5.91 Å².